The van der Waals surface area contributed by atoms with Crippen molar-refractivity contribution in [2.24, 2.45) is 5.10 Å². The van der Waals surface area contributed by atoms with E-state index in [1.54, 1.807) is 66.7 Å². The van der Waals surface area contributed by atoms with Crippen LogP contribution in [0.1, 0.15) is 52.0 Å². The Kier molecular flexibility index (Phi) is 11.1. The van der Waals surface area contributed by atoms with Crippen molar-refractivity contribution in [3.63, 3.8) is 0 Å². The van der Waals surface area contributed by atoms with Crippen LogP contribution in [0.5, 0.6) is 11.5 Å². The fourth-order valence-corrected chi connectivity index (χ4v) is 3.83. The summed E-state index contributed by atoms with van der Waals surface area (Å²) >= 11 is 12.1. The summed E-state index contributed by atoms with van der Waals surface area (Å²) in [7, 11) is 1.45. The van der Waals surface area contributed by atoms with Gasteiger partial charge in [0.15, 0.2) is 11.5 Å². The lowest BCUT2D eigenvalue weighted by molar-refractivity contribution is -0.121. The van der Waals surface area contributed by atoms with Crippen molar-refractivity contribution >= 4 is 47.2 Å². The van der Waals surface area contributed by atoms with Gasteiger partial charge in [-0.3, -0.25) is 9.59 Å². The molecule has 0 saturated heterocycles. The molecule has 0 heterocycles. The summed E-state index contributed by atoms with van der Waals surface area (Å²) in [6, 6.07) is 18.3. The number of amides is 2. The Morgan fingerprint density at radius 3 is 2.24 bits per heavy atom. The highest BCUT2D eigenvalue weighted by Crippen LogP contribution is 2.29. The number of esters is 1. The molecule has 0 bridgehead atoms. The van der Waals surface area contributed by atoms with Gasteiger partial charge in [0.1, 0.15) is 0 Å². The van der Waals surface area contributed by atoms with Gasteiger partial charge in [-0.05, 0) is 60.9 Å². The van der Waals surface area contributed by atoms with Gasteiger partial charge in [-0.25, -0.2) is 10.2 Å². The lowest BCUT2D eigenvalue weighted by Gasteiger charge is -2.10. The molecule has 2 N–H and O–H groups in total. The average Bonchev–Trinajstić information content (AvgIpc) is 2.91. The summed E-state index contributed by atoms with van der Waals surface area (Å²) in [6.45, 7) is 0.495. The van der Waals surface area contributed by atoms with Crippen LogP contribution >= 0.6 is 23.2 Å². The lowest BCUT2D eigenvalue weighted by Crippen LogP contribution is -2.24. The number of nitrogens with zero attached hydrogens (tertiary/aromatic N) is 1. The van der Waals surface area contributed by atoms with Crippen LogP contribution in [-0.4, -0.2) is 37.7 Å². The normalized spacial score (nSPS) is 10.7. The molecule has 0 aromatic heterocycles. The molecule has 0 unspecified atom stereocenters. The quantitative estimate of drug-likeness (QED) is 0.0985. The summed E-state index contributed by atoms with van der Waals surface area (Å²) in [5.41, 5.74) is 3.80. The molecule has 2 amide bonds. The first kappa shape index (κ1) is 28.7. The average molecular weight is 556 g/mol. The fourth-order valence-electron chi connectivity index (χ4n) is 3.39. The van der Waals surface area contributed by atoms with Crippen molar-refractivity contribution in [2.45, 2.75) is 25.7 Å². The Morgan fingerprint density at radius 2 is 1.55 bits per heavy atom. The van der Waals surface area contributed by atoms with Gasteiger partial charge < -0.3 is 14.8 Å². The fraction of sp³-hybridized carbons (Fsp3) is 0.214. The minimum Gasteiger partial charge on any atom is -0.493 e. The third kappa shape index (κ3) is 8.61. The van der Waals surface area contributed by atoms with E-state index in [2.05, 4.69) is 15.8 Å². The van der Waals surface area contributed by atoms with E-state index in [4.69, 9.17) is 32.7 Å². The number of ether oxygens (including phenoxy) is 2. The third-order valence-electron chi connectivity index (χ3n) is 5.37. The SMILES string of the molecule is COc1cc(C=NNC(=O)CCCCCNC(=O)c2ccccc2Cl)ccc1OC(=O)c1ccccc1Cl. The zero-order valence-electron chi connectivity index (χ0n) is 20.7. The molecule has 3 rings (SSSR count). The molecule has 0 saturated carbocycles. The van der Waals surface area contributed by atoms with E-state index in [1.807, 2.05) is 0 Å². The van der Waals surface area contributed by atoms with Crippen LogP contribution < -0.4 is 20.2 Å². The monoisotopic (exact) mass is 555 g/mol. The summed E-state index contributed by atoms with van der Waals surface area (Å²) < 4.78 is 10.7. The van der Waals surface area contributed by atoms with Crippen LogP contribution in [-0.2, 0) is 4.79 Å². The maximum atomic E-state index is 12.4. The van der Waals surface area contributed by atoms with E-state index in [-0.39, 0.29) is 28.1 Å². The number of hydrogen-bond donors (Lipinski definition) is 2. The number of unbranched alkanes of at least 4 members (excludes halogenated alkanes) is 2. The molecule has 38 heavy (non-hydrogen) atoms. The van der Waals surface area contributed by atoms with Gasteiger partial charge in [-0.1, -0.05) is 53.9 Å². The molecule has 3 aromatic carbocycles. The van der Waals surface area contributed by atoms with E-state index in [1.165, 1.54) is 13.3 Å². The molecule has 0 radical (unpaired) electrons. The van der Waals surface area contributed by atoms with E-state index >= 15 is 0 Å². The smallest absolute Gasteiger partial charge is 0.345 e. The van der Waals surface area contributed by atoms with Crippen LogP contribution in [0.4, 0.5) is 0 Å². The number of carbonyl (C=O) groups excluding carboxylic acids is 3. The predicted octanol–water partition coefficient (Wildman–Crippen LogP) is 5.66. The van der Waals surface area contributed by atoms with Crippen LogP contribution in [0.25, 0.3) is 0 Å². The highest BCUT2D eigenvalue weighted by atomic mass is 35.5. The molecule has 0 atom stereocenters. The van der Waals surface area contributed by atoms with Gasteiger partial charge in [0, 0.05) is 13.0 Å². The zero-order chi connectivity index (χ0) is 27.3. The van der Waals surface area contributed by atoms with E-state index in [0.29, 0.717) is 41.3 Å². The van der Waals surface area contributed by atoms with E-state index < -0.39 is 5.97 Å². The number of hydrogen-bond acceptors (Lipinski definition) is 6. The van der Waals surface area contributed by atoms with Crippen molar-refractivity contribution in [1.29, 1.82) is 0 Å². The molecule has 198 valence electrons. The summed E-state index contributed by atoms with van der Waals surface area (Å²) in [5, 5.41) is 7.49. The first-order valence-electron chi connectivity index (χ1n) is 11.9. The standard InChI is InChI=1S/C28H27Cl2N3O5/c1-37-25-17-19(14-15-24(25)38-28(36)21-10-5-7-12-23(21)30)18-32-33-26(34)13-3-2-8-16-31-27(35)20-9-4-6-11-22(20)29/h4-7,9-12,14-15,17-18H,2-3,8,13,16H2,1H3,(H,31,35)(H,33,34). The summed E-state index contributed by atoms with van der Waals surface area (Å²) in [4.78, 5) is 36.6. The molecular weight excluding hydrogens is 529 g/mol. The Labute approximate surface area is 230 Å². The number of hydrazone groups is 1. The number of methoxy groups -OCH3 is 1. The van der Waals surface area contributed by atoms with Crippen molar-refractivity contribution in [3.05, 3.63) is 93.5 Å². The minimum atomic E-state index is -0.606. The van der Waals surface area contributed by atoms with Gasteiger partial charge in [0.25, 0.3) is 5.91 Å². The van der Waals surface area contributed by atoms with Gasteiger partial charge in [-0.2, -0.15) is 5.10 Å². The topological polar surface area (TPSA) is 106 Å². The van der Waals surface area contributed by atoms with Crippen LogP contribution in [0, 0.1) is 0 Å². The molecule has 10 heteroatoms. The molecular formula is C28H27Cl2N3O5. The maximum Gasteiger partial charge on any atom is 0.345 e. The molecule has 0 aliphatic carbocycles. The van der Waals surface area contributed by atoms with Crippen molar-refractivity contribution < 1.29 is 23.9 Å². The van der Waals surface area contributed by atoms with Gasteiger partial charge in [-0.15, -0.1) is 0 Å². The second-order valence-electron chi connectivity index (χ2n) is 8.12. The Morgan fingerprint density at radius 1 is 0.868 bits per heavy atom. The first-order chi connectivity index (χ1) is 18.4. The largest absolute Gasteiger partial charge is 0.493 e. The number of rotatable bonds is 12. The van der Waals surface area contributed by atoms with Crippen molar-refractivity contribution in [1.82, 2.24) is 10.7 Å². The molecule has 0 spiro atoms. The molecule has 0 aliphatic heterocycles. The van der Waals surface area contributed by atoms with E-state index in [0.717, 1.165) is 12.8 Å². The van der Waals surface area contributed by atoms with Gasteiger partial charge >= 0.3 is 5.97 Å². The Bertz CT molecular complexity index is 1310. The summed E-state index contributed by atoms with van der Waals surface area (Å²) in [6.07, 6.45) is 3.93. The highest BCUT2D eigenvalue weighted by molar-refractivity contribution is 6.34. The molecule has 0 fully saturated rings. The zero-order valence-corrected chi connectivity index (χ0v) is 22.2. The predicted molar refractivity (Wildman–Crippen MR) is 147 cm³/mol. The lowest BCUT2D eigenvalue weighted by atomic mass is 10.1. The van der Waals surface area contributed by atoms with Crippen LogP contribution in [0.3, 0.4) is 0 Å². The maximum absolute atomic E-state index is 12.4. The van der Waals surface area contributed by atoms with Gasteiger partial charge in [0.05, 0.1) is 34.5 Å². The molecule has 3 aromatic rings. The van der Waals surface area contributed by atoms with Crippen molar-refractivity contribution in [3.8, 4) is 11.5 Å². The Hall–Kier alpha value is -3.88. The second-order valence-corrected chi connectivity index (χ2v) is 8.93. The minimum absolute atomic E-state index is 0.217. The summed E-state index contributed by atoms with van der Waals surface area (Å²) in [5.74, 6) is -0.501. The number of nitrogens with one attached hydrogen (secondary N) is 2. The Balaban J connectivity index is 1.38. The van der Waals surface area contributed by atoms with Crippen molar-refractivity contribution in [2.75, 3.05) is 13.7 Å². The number of benzene rings is 3. The van der Waals surface area contributed by atoms with E-state index in [9.17, 15) is 14.4 Å². The molecule has 0 aliphatic rings. The van der Waals surface area contributed by atoms with Gasteiger partial charge in [0.2, 0.25) is 5.91 Å². The number of halogens is 2. The third-order valence-corrected chi connectivity index (χ3v) is 6.03. The second kappa shape index (κ2) is 14.8. The first-order valence-corrected chi connectivity index (χ1v) is 12.6. The van der Waals surface area contributed by atoms with Crippen LogP contribution in [0.15, 0.2) is 71.8 Å². The van der Waals surface area contributed by atoms with Crippen LogP contribution in [0.2, 0.25) is 10.0 Å². The highest BCUT2D eigenvalue weighted by Gasteiger charge is 2.15. The number of carbonyl (C=O) groups is 3. The molecule has 8 nitrogen and oxygen atoms in total.